The first-order valence-electron chi connectivity index (χ1n) is 11.8. The van der Waals surface area contributed by atoms with E-state index in [9.17, 15) is 14.4 Å². The van der Waals surface area contributed by atoms with Crippen LogP contribution in [0.25, 0.3) is 10.9 Å². The topological polar surface area (TPSA) is 99.8 Å². The standard InChI is InChI=1S/C24H26N2O.C4H4O4/c1-24(2)14-12-21-22-19(13-15-25(21)16-17-8-4-3-5-9-17)18-10-6-7-11-20(18)26(22)23(24)27;5-3(6)1-2-4(7)8/h3-11,21H,12-16H2,1-2H3;1-2H,(H,5,6)(H,7,8)/b;2-1+. The van der Waals surface area contributed by atoms with Crippen molar-refractivity contribution >= 4 is 28.7 Å². The van der Waals surface area contributed by atoms with Crippen LogP contribution in [0.15, 0.2) is 66.7 Å². The van der Waals surface area contributed by atoms with Crippen molar-refractivity contribution in [2.45, 2.75) is 45.7 Å². The molecule has 7 heteroatoms. The van der Waals surface area contributed by atoms with Crippen molar-refractivity contribution in [3.63, 3.8) is 0 Å². The smallest absolute Gasteiger partial charge is 0.328 e. The fourth-order valence-electron chi connectivity index (χ4n) is 5.12. The highest BCUT2D eigenvalue weighted by Gasteiger charge is 2.42. The average molecular weight is 475 g/mol. The number of fused-ring (bicyclic) bond motifs is 3. The first kappa shape index (κ1) is 24.4. The fourth-order valence-corrected chi connectivity index (χ4v) is 5.12. The first-order valence-corrected chi connectivity index (χ1v) is 11.8. The molecule has 0 aliphatic carbocycles. The maximum atomic E-state index is 13.5. The van der Waals surface area contributed by atoms with Crippen molar-refractivity contribution in [2.75, 3.05) is 6.54 Å². The molecule has 7 nitrogen and oxygen atoms in total. The fraction of sp³-hybridized carbons (Fsp3) is 0.321. The Morgan fingerprint density at radius 3 is 2.29 bits per heavy atom. The minimum Gasteiger partial charge on any atom is -0.478 e. The van der Waals surface area contributed by atoms with Gasteiger partial charge in [-0.05, 0) is 36.5 Å². The number of aromatic nitrogens is 1. The van der Waals surface area contributed by atoms with Crippen molar-refractivity contribution in [2.24, 2.45) is 5.41 Å². The van der Waals surface area contributed by atoms with Gasteiger partial charge in [0.2, 0.25) is 5.91 Å². The third-order valence-electron chi connectivity index (χ3n) is 6.85. The second kappa shape index (κ2) is 9.88. The molecule has 0 saturated carbocycles. The Kier molecular flexibility index (Phi) is 6.89. The van der Waals surface area contributed by atoms with E-state index in [1.807, 2.05) is 0 Å². The number of rotatable bonds is 4. The van der Waals surface area contributed by atoms with Crippen LogP contribution in [-0.4, -0.2) is 44.1 Å². The molecule has 0 radical (unpaired) electrons. The predicted octanol–water partition coefficient (Wildman–Crippen LogP) is 4.91. The van der Waals surface area contributed by atoms with Gasteiger partial charge in [-0.3, -0.25) is 14.3 Å². The quantitative estimate of drug-likeness (QED) is 0.521. The van der Waals surface area contributed by atoms with Gasteiger partial charge in [0.1, 0.15) is 0 Å². The maximum Gasteiger partial charge on any atom is 0.328 e. The monoisotopic (exact) mass is 474 g/mol. The van der Waals surface area contributed by atoms with Crippen LogP contribution >= 0.6 is 0 Å². The van der Waals surface area contributed by atoms with E-state index in [0.29, 0.717) is 18.2 Å². The van der Waals surface area contributed by atoms with Gasteiger partial charge in [0.05, 0.1) is 11.6 Å². The van der Waals surface area contributed by atoms with E-state index < -0.39 is 11.9 Å². The molecule has 1 atom stereocenters. The van der Waals surface area contributed by atoms with Crippen molar-refractivity contribution < 1.29 is 24.6 Å². The van der Waals surface area contributed by atoms with E-state index in [1.54, 1.807) is 0 Å². The number of hydrogen-bond acceptors (Lipinski definition) is 4. The van der Waals surface area contributed by atoms with Crippen LogP contribution in [0.3, 0.4) is 0 Å². The number of carbonyl (C=O) groups is 3. The lowest BCUT2D eigenvalue weighted by Gasteiger charge is -2.36. The molecule has 35 heavy (non-hydrogen) atoms. The summed E-state index contributed by atoms with van der Waals surface area (Å²) in [6.07, 6.45) is 4.09. The number of carboxylic acid groups (broad SMARTS) is 2. The van der Waals surface area contributed by atoms with Gasteiger partial charge >= 0.3 is 11.9 Å². The number of carboxylic acids is 2. The van der Waals surface area contributed by atoms with Crippen LogP contribution in [0.5, 0.6) is 0 Å². The second-order valence-corrected chi connectivity index (χ2v) is 9.68. The lowest BCUT2D eigenvalue weighted by Crippen LogP contribution is -2.36. The molecule has 2 aliphatic heterocycles. The summed E-state index contributed by atoms with van der Waals surface area (Å²) in [4.78, 5) is 35.2. The van der Waals surface area contributed by atoms with E-state index in [1.165, 1.54) is 22.2 Å². The van der Waals surface area contributed by atoms with Crippen LogP contribution in [0.2, 0.25) is 0 Å². The van der Waals surface area contributed by atoms with Crippen LogP contribution in [0.1, 0.15) is 54.3 Å². The number of hydrogen-bond donors (Lipinski definition) is 2. The molecule has 0 spiro atoms. The maximum absolute atomic E-state index is 13.5. The summed E-state index contributed by atoms with van der Waals surface area (Å²) >= 11 is 0. The van der Waals surface area contributed by atoms with Gasteiger partial charge in [0.15, 0.2) is 0 Å². The van der Waals surface area contributed by atoms with E-state index in [-0.39, 0.29) is 11.3 Å². The molecule has 2 N–H and O–H groups in total. The van der Waals surface area contributed by atoms with E-state index in [2.05, 4.69) is 77.9 Å². The van der Waals surface area contributed by atoms with E-state index >= 15 is 0 Å². The highest BCUT2D eigenvalue weighted by Crippen LogP contribution is 2.45. The second-order valence-electron chi connectivity index (χ2n) is 9.68. The highest BCUT2D eigenvalue weighted by atomic mass is 16.4. The Balaban J connectivity index is 0.000000314. The molecule has 0 fully saturated rings. The molecule has 182 valence electrons. The summed E-state index contributed by atoms with van der Waals surface area (Å²) in [5.74, 6) is -2.26. The molecule has 2 aromatic carbocycles. The molecule has 0 saturated heterocycles. The van der Waals surface area contributed by atoms with Crippen LogP contribution < -0.4 is 0 Å². The largest absolute Gasteiger partial charge is 0.478 e. The van der Waals surface area contributed by atoms with Gasteiger partial charge in [0.25, 0.3) is 0 Å². The van der Waals surface area contributed by atoms with Crippen molar-refractivity contribution in [1.29, 1.82) is 0 Å². The molecular formula is C28H30N2O5. The van der Waals surface area contributed by atoms with Gasteiger partial charge in [0, 0.05) is 41.7 Å². The molecule has 3 aromatic rings. The summed E-state index contributed by atoms with van der Waals surface area (Å²) in [6, 6.07) is 19.5. The van der Waals surface area contributed by atoms with Gasteiger partial charge in [-0.15, -0.1) is 0 Å². The zero-order valence-electron chi connectivity index (χ0n) is 20.0. The number of benzene rings is 2. The zero-order valence-corrected chi connectivity index (χ0v) is 20.0. The Labute approximate surface area is 204 Å². The Morgan fingerprint density at radius 2 is 1.63 bits per heavy atom. The Bertz CT molecular complexity index is 1270. The van der Waals surface area contributed by atoms with Gasteiger partial charge < -0.3 is 10.2 Å². The molecule has 0 amide bonds. The third kappa shape index (κ3) is 5.05. The van der Waals surface area contributed by atoms with Crippen molar-refractivity contribution in [3.8, 4) is 0 Å². The van der Waals surface area contributed by atoms with Crippen molar-refractivity contribution in [3.05, 3.63) is 83.6 Å². The van der Waals surface area contributed by atoms with E-state index in [4.69, 9.17) is 10.2 Å². The molecule has 5 rings (SSSR count). The van der Waals surface area contributed by atoms with Crippen molar-refractivity contribution in [1.82, 2.24) is 9.47 Å². The lowest BCUT2D eigenvalue weighted by atomic mass is 9.85. The van der Waals surface area contributed by atoms with Gasteiger partial charge in [-0.1, -0.05) is 62.4 Å². The number of aliphatic carboxylic acids is 2. The lowest BCUT2D eigenvalue weighted by molar-refractivity contribution is -0.134. The molecule has 0 bridgehead atoms. The summed E-state index contributed by atoms with van der Waals surface area (Å²) in [5, 5.41) is 16.9. The van der Waals surface area contributed by atoms with Crippen LogP contribution in [0.4, 0.5) is 0 Å². The molecule has 3 heterocycles. The van der Waals surface area contributed by atoms with Gasteiger partial charge in [-0.2, -0.15) is 0 Å². The average Bonchev–Trinajstić information content (AvgIpc) is 3.11. The minimum absolute atomic E-state index is 0.254. The third-order valence-corrected chi connectivity index (χ3v) is 6.85. The summed E-state index contributed by atoms with van der Waals surface area (Å²) in [7, 11) is 0. The Morgan fingerprint density at radius 1 is 1.00 bits per heavy atom. The SMILES string of the molecule is CC1(C)CCC2c3c(c4ccccc4n3C1=O)CCN2Cc1ccccc1.O=C(O)/C=C/C(=O)O. The summed E-state index contributed by atoms with van der Waals surface area (Å²) in [5.41, 5.74) is 4.76. The summed E-state index contributed by atoms with van der Waals surface area (Å²) in [6.45, 7) is 6.21. The van der Waals surface area contributed by atoms with Crippen LogP contribution in [0, 0.1) is 5.41 Å². The molecule has 1 aromatic heterocycles. The predicted molar refractivity (Wildman–Crippen MR) is 133 cm³/mol. The number of para-hydroxylation sites is 1. The zero-order chi connectivity index (χ0) is 25.2. The highest BCUT2D eigenvalue weighted by molar-refractivity contribution is 5.98. The normalized spacial score (nSPS) is 19.0. The Hall–Kier alpha value is -3.71. The molecule has 1 unspecified atom stereocenters. The van der Waals surface area contributed by atoms with E-state index in [0.717, 1.165) is 37.9 Å². The van der Waals surface area contributed by atoms with Crippen LogP contribution in [-0.2, 0) is 22.6 Å². The van der Waals surface area contributed by atoms with Gasteiger partial charge in [-0.25, -0.2) is 9.59 Å². The molecule has 2 aliphatic rings. The minimum atomic E-state index is -1.26. The number of nitrogens with zero attached hydrogens (tertiary/aromatic N) is 2. The molecular weight excluding hydrogens is 444 g/mol. The number of carbonyl (C=O) groups excluding carboxylic acids is 1. The first-order chi connectivity index (χ1) is 16.7. The summed E-state index contributed by atoms with van der Waals surface area (Å²) < 4.78 is 2.07.